The molecule has 3 aromatic carbocycles. The van der Waals surface area contributed by atoms with Crippen molar-refractivity contribution in [3.05, 3.63) is 77.8 Å². The van der Waals surface area contributed by atoms with E-state index < -0.39 is 0 Å². The maximum absolute atomic E-state index is 12.4. The Bertz CT molecular complexity index is 1130. The number of aromatic nitrogens is 1. The Morgan fingerprint density at radius 1 is 1.03 bits per heavy atom. The number of carbonyl (C=O) groups excluding carboxylic acids is 1. The van der Waals surface area contributed by atoms with Gasteiger partial charge in [-0.05, 0) is 48.9 Å². The predicted octanol–water partition coefficient (Wildman–Crippen LogP) is 5.95. The van der Waals surface area contributed by atoms with Crippen LogP contribution >= 0.6 is 11.6 Å². The van der Waals surface area contributed by atoms with E-state index in [9.17, 15) is 4.79 Å². The highest BCUT2D eigenvalue weighted by Gasteiger charge is 2.14. The molecule has 4 aromatic rings. The normalized spacial score (nSPS) is 10.8. The molecule has 1 aromatic heterocycles. The van der Waals surface area contributed by atoms with E-state index >= 15 is 0 Å². The first-order valence-electron chi connectivity index (χ1n) is 9.32. The van der Waals surface area contributed by atoms with Gasteiger partial charge in [-0.15, -0.1) is 0 Å². The summed E-state index contributed by atoms with van der Waals surface area (Å²) in [4.78, 5) is 16.9. The summed E-state index contributed by atoms with van der Waals surface area (Å²) in [5.74, 6) is 1.15. The van der Waals surface area contributed by atoms with Crippen LogP contribution < -0.4 is 10.1 Å². The molecule has 0 saturated heterocycles. The first-order chi connectivity index (χ1) is 14.2. The zero-order valence-electron chi connectivity index (χ0n) is 15.6. The second-order valence-corrected chi connectivity index (χ2v) is 6.93. The van der Waals surface area contributed by atoms with Crippen LogP contribution in [0.3, 0.4) is 0 Å². The fraction of sp³-hybridized carbons (Fsp3) is 0.130. The quantitative estimate of drug-likeness (QED) is 0.385. The highest BCUT2D eigenvalue weighted by atomic mass is 35.5. The molecular formula is C23H19ClN2O3. The van der Waals surface area contributed by atoms with E-state index in [2.05, 4.69) is 10.3 Å². The maximum Gasteiger partial charge on any atom is 0.229 e. The van der Waals surface area contributed by atoms with Gasteiger partial charge in [0, 0.05) is 11.4 Å². The molecule has 0 aliphatic rings. The molecule has 6 heteroatoms. The molecule has 1 amide bonds. The number of rotatable bonds is 7. The number of oxazole rings is 1. The van der Waals surface area contributed by atoms with E-state index in [1.54, 1.807) is 18.2 Å². The van der Waals surface area contributed by atoms with Gasteiger partial charge in [0.05, 0.1) is 17.9 Å². The first-order valence-corrected chi connectivity index (χ1v) is 9.70. The molecule has 1 N–H and O–H groups in total. The van der Waals surface area contributed by atoms with Gasteiger partial charge in [-0.2, -0.15) is 0 Å². The van der Waals surface area contributed by atoms with Crippen molar-refractivity contribution in [3.8, 4) is 17.2 Å². The Morgan fingerprint density at radius 3 is 2.69 bits per heavy atom. The van der Waals surface area contributed by atoms with Gasteiger partial charge in [0.2, 0.25) is 11.8 Å². The van der Waals surface area contributed by atoms with Crippen LogP contribution in [0.5, 0.6) is 5.75 Å². The zero-order chi connectivity index (χ0) is 20.1. The summed E-state index contributed by atoms with van der Waals surface area (Å²) < 4.78 is 11.5. The molecule has 0 unspecified atom stereocenters. The Hall–Kier alpha value is -3.31. The van der Waals surface area contributed by atoms with E-state index in [1.807, 2.05) is 54.6 Å². The molecule has 0 radical (unpaired) electrons. The van der Waals surface area contributed by atoms with Crippen molar-refractivity contribution in [1.29, 1.82) is 0 Å². The summed E-state index contributed by atoms with van der Waals surface area (Å²) in [5, 5.41) is 3.54. The number of benzene rings is 3. The average molecular weight is 407 g/mol. The molecule has 146 valence electrons. The van der Waals surface area contributed by atoms with Gasteiger partial charge in [0.25, 0.3) is 0 Å². The molecule has 0 aliphatic heterocycles. The van der Waals surface area contributed by atoms with Gasteiger partial charge in [0.15, 0.2) is 5.58 Å². The number of carbonyl (C=O) groups is 1. The number of ether oxygens (including phenoxy) is 1. The molecule has 1 heterocycles. The molecule has 0 bridgehead atoms. The summed E-state index contributed by atoms with van der Waals surface area (Å²) in [7, 11) is 0. The van der Waals surface area contributed by atoms with Crippen molar-refractivity contribution in [3.63, 3.8) is 0 Å². The second kappa shape index (κ2) is 8.80. The zero-order valence-corrected chi connectivity index (χ0v) is 16.4. The number of nitrogens with one attached hydrogen (secondary N) is 1. The standard InChI is InChI=1S/C23H19ClN2O3/c24-16-12-13-21-20(15-16)26-23(29-21)18-9-4-5-10-19(18)25-22(27)11-6-14-28-17-7-2-1-3-8-17/h1-5,7-10,12-13,15H,6,11,14H2,(H,25,27). The highest BCUT2D eigenvalue weighted by Crippen LogP contribution is 2.31. The van der Waals surface area contributed by atoms with Crippen LogP contribution in [-0.4, -0.2) is 17.5 Å². The number of nitrogens with zero attached hydrogens (tertiary/aromatic N) is 1. The lowest BCUT2D eigenvalue weighted by Gasteiger charge is -2.09. The molecule has 0 fully saturated rings. The van der Waals surface area contributed by atoms with E-state index in [1.165, 1.54) is 0 Å². The average Bonchev–Trinajstić information content (AvgIpc) is 3.15. The Morgan fingerprint density at radius 2 is 1.83 bits per heavy atom. The van der Waals surface area contributed by atoms with Gasteiger partial charge < -0.3 is 14.5 Å². The number of para-hydroxylation sites is 2. The third-order valence-electron chi connectivity index (χ3n) is 4.34. The van der Waals surface area contributed by atoms with Crippen molar-refractivity contribution in [2.75, 3.05) is 11.9 Å². The number of amides is 1. The molecule has 0 spiro atoms. The van der Waals surface area contributed by atoms with Crippen molar-refractivity contribution in [2.45, 2.75) is 12.8 Å². The number of hydrogen-bond donors (Lipinski definition) is 1. The predicted molar refractivity (Wildman–Crippen MR) is 114 cm³/mol. The minimum atomic E-state index is -0.0896. The molecule has 0 aliphatic carbocycles. The van der Waals surface area contributed by atoms with E-state index in [0.29, 0.717) is 52.7 Å². The van der Waals surface area contributed by atoms with E-state index in [-0.39, 0.29) is 5.91 Å². The maximum atomic E-state index is 12.4. The lowest BCUT2D eigenvalue weighted by atomic mass is 10.1. The lowest BCUT2D eigenvalue weighted by Crippen LogP contribution is -2.13. The minimum Gasteiger partial charge on any atom is -0.494 e. The van der Waals surface area contributed by atoms with Crippen LogP contribution in [0.25, 0.3) is 22.6 Å². The number of hydrogen-bond acceptors (Lipinski definition) is 4. The van der Waals surface area contributed by atoms with Gasteiger partial charge >= 0.3 is 0 Å². The summed E-state index contributed by atoms with van der Waals surface area (Å²) in [6.07, 6.45) is 0.967. The number of halogens is 1. The van der Waals surface area contributed by atoms with Crippen molar-refractivity contribution < 1.29 is 13.9 Å². The van der Waals surface area contributed by atoms with Crippen molar-refractivity contribution in [1.82, 2.24) is 4.98 Å². The SMILES string of the molecule is O=C(CCCOc1ccccc1)Nc1ccccc1-c1nc2cc(Cl)ccc2o1. The minimum absolute atomic E-state index is 0.0896. The summed E-state index contributed by atoms with van der Waals surface area (Å²) >= 11 is 6.02. The third kappa shape index (κ3) is 4.76. The van der Waals surface area contributed by atoms with Gasteiger partial charge in [-0.3, -0.25) is 4.79 Å². The fourth-order valence-corrected chi connectivity index (χ4v) is 3.11. The van der Waals surface area contributed by atoms with Crippen LogP contribution in [0.1, 0.15) is 12.8 Å². The second-order valence-electron chi connectivity index (χ2n) is 6.49. The van der Waals surface area contributed by atoms with E-state index in [0.717, 1.165) is 5.75 Å². The summed E-state index contributed by atoms with van der Waals surface area (Å²) in [6.45, 7) is 0.477. The summed E-state index contributed by atoms with van der Waals surface area (Å²) in [5.41, 5.74) is 2.68. The van der Waals surface area contributed by atoms with Gasteiger partial charge in [-0.1, -0.05) is 41.9 Å². The highest BCUT2D eigenvalue weighted by molar-refractivity contribution is 6.31. The first kappa shape index (κ1) is 19.0. The largest absolute Gasteiger partial charge is 0.494 e. The summed E-state index contributed by atoms with van der Waals surface area (Å²) in [6, 6.07) is 22.3. The molecule has 0 atom stereocenters. The van der Waals surface area contributed by atoms with E-state index in [4.69, 9.17) is 20.8 Å². The topological polar surface area (TPSA) is 64.4 Å². The fourth-order valence-electron chi connectivity index (χ4n) is 2.95. The van der Waals surface area contributed by atoms with Crippen molar-refractivity contribution in [2.24, 2.45) is 0 Å². The Balaban J connectivity index is 1.40. The van der Waals surface area contributed by atoms with Gasteiger partial charge in [-0.25, -0.2) is 4.98 Å². The molecule has 29 heavy (non-hydrogen) atoms. The van der Waals surface area contributed by atoms with Gasteiger partial charge in [0.1, 0.15) is 11.3 Å². The van der Waals surface area contributed by atoms with Crippen LogP contribution in [0.4, 0.5) is 5.69 Å². The van der Waals surface area contributed by atoms with Crippen LogP contribution in [0, 0.1) is 0 Å². The van der Waals surface area contributed by atoms with Crippen LogP contribution in [0.15, 0.2) is 77.2 Å². The molecular weight excluding hydrogens is 388 g/mol. The third-order valence-corrected chi connectivity index (χ3v) is 4.58. The Labute approximate surface area is 173 Å². The van der Waals surface area contributed by atoms with Crippen LogP contribution in [-0.2, 0) is 4.79 Å². The van der Waals surface area contributed by atoms with Crippen LogP contribution in [0.2, 0.25) is 5.02 Å². The molecule has 5 nitrogen and oxygen atoms in total. The number of fused-ring (bicyclic) bond motifs is 1. The Kier molecular flexibility index (Phi) is 5.77. The monoisotopic (exact) mass is 406 g/mol. The lowest BCUT2D eigenvalue weighted by molar-refractivity contribution is -0.116. The molecule has 0 saturated carbocycles. The van der Waals surface area contributed by atoms with Crippen molar-refractivity contribution >= 4 is 34.3 Å². The molecule has 4 rings (SSSR count). The smallest absolute Gasteiger partial charge is 0.229 e. The number of anilines is 1.